The monoisotopic (exact) mass is 450 g/mol. The zero-order valence-electron chi connectivity index (χ0n) is 15.9. The smallest absolute Gasteiger partial charge is 0.255 e. The zero-order chi connectivity index (χ0) is 20.0. The van der Waals surface area contributed by atoms with Crippen LogP contribution in [0.4, 0.5) is 0 Å². The summed E-state index contributed by atoms with van der Waals surface area (Å²) in [5.41, 5.74) is 1.50. The van der Waals surface area contributed by atoms with Gasteiger partial charge in [0.25, 0.3) is 5.91 Å². The summed E-state index contributed by atoms with van der Waals surface area (Å²) in [6.07, 6.45) is 0. The molecule has 0 heterocycles. The number of thioether (sulfide) groups is 1. The van der Waals surface area contributed by atoms with Gasteiger partial charge in [0.05, 0.1) is 18.4 Å². The Morgan fingerprint density at radius 2 is 1.81 bits per heavy atom. The molecule has 0 bridgehead atoms. The molecule has 0 atom stereocenters. The first-order chi connectivity index (χ1) is 12.8. The van der Waals surface area contributed by atoms with Gasteiger partial charge in [-0.05, 0) is 30.3 Å². The molecule has 0 radical (unpaired) electrons. The van der Waals surface area contributed by atoms with Crippen LogP contribution in [-0.4, -0.2) is 55.6 Å². The van der Waals surface area contributed by atoms with Crippen LogP contribution in [0.3, 0.4) is 0 Å². The van der Waals surface area contributed by atoms with Crippen LogP contribution >= 0.6 is 27.7 Å². The summed E-state index contributed by atoms with van der Waals surface area (Å²) in [7, 11) is 6.82. The third-order valence-corrected chi connectivity index (χ3v) is 5.52. The van der Waals surface area contributed by atoms with Crippen molar-refractivity contribution in [2.24, 2.45) is 0 Å². The third kappa shape index (κ3) is 5.74. The molecule has 2 amide bonds. The van der Waals surface area contributed by atoms with Crippen molar-refractivity contribution < 1.29 is 14.3 Å². The van der Waals surface area contributed by atoms with Crippen LogP contribution in [0.2, 0.25) is 0 Å². The fourth-order valence-electron chi connectivity index (χ4n) is 2.44. The molecule has 0 N–H and O–H groups in total. The van der Waals surface area contributed by atoms with Crippen LogP contribution in [0.15, 0.2) is 51.8 Å². The fourth-order valence-corrected chi connectivity index (χ4v) is 3.87. The molecule has 2 rings (SSSR count). The summed E-state index contributed by atoms with van der Waals surface area (Å²) in [6, 6.07) is 13.1. The molecule has 5 nitrogen and oxygen atoms in total. The number of amides is 2. The Hall–Kier alpha value is -1.99. The second kappa shape index (κ2) is 9.80. The molecular weight excluding hydrogens is 428 g/mol. The third-order valence-electron chi connectivity index (χ3n) is 3.96. The van der Waals surface area contributed by atoms with Gasteiger partial charge in [0.1, 0.15) is 5.75 Å². The lowest BCUT2D eigenvalue weighted by atomic mass is 10.1. The molecule has 0 aliphatic heterocycles. The maximum absolute atomic E-state index is 13.0. The minimum absolute atomic E-state index is 0.00878. The number of rotatable bonds is 7. The number of hydrogen-bond acceptors (Lipinski definition) is 4. The largest absolute Gasteiger partial charge is 0.496 e. The van der Waals surface area contributed by atoms with Crippen molar-refractivity contribution >= 4 is 39.5 Å². The number of methoxy groups -OCH3 is 1. The minimum Gasteiger partial charge on any atom is -0.496 e. The molecular formula is C20H23BrN2O3S. The summed E-state index contributed by atoms with van der Waals surface area (Å²) < 4.78 is 6.32. The Labute approximate surface area is 172 Å². The summed E-state index contributed by atoms with van der Waals surface area (Å²) in [4.78, 5) is 28.9. The molecule has 2 aromatic rings. The molecule has 0 fully saturated rings. The number of hydrogen-bond donors (Lipinski definition) is 0. The van der Waals surface area contributed by atoms with E-state index in [1.807, 2.05) is 36.4 Å². The molecule has 27 heavy (non-hydrogen) atoms. The molecule has 0 aliphatic rings. The average Bonchev–Trinajstić information content (AvgIpc) is 2.65. The first kappa shape index (κ1) is 21.3. The van der Waals surface area contributed by atoms with E-state index in [9.17, 15) is 9.59 Å². The van der Waals surface area contributed by atoms with Crippen LogP contribution in [0.1, 0.15) is 15.9 Å². The normalized spacial score (nSPS) is 10.4. The summed E-state index contributed by atoms with van der Waals surface area (Å²) >= 11 is 4.83. The number of carbonyl (C=O) groups excluding carboxylic acids is 2. The molecule has 0 aromatic heterocycles. The predicted molar refractivity (Wildman–Crippen MR) is 112 cm³/mol. The molecule has 144 valence electrons. The van der Waals surface area contributed by atoms with Crippen LogP contribution in [0, 0.1) is 0 Å². The highest BCUT2D eigenvalue weighted by Crippen LogP contribution is 2.27. The van der Waals surface area contributed by atoms with Gasteiger partial charge < -0.3 is 14.5 Å². The van der Waals surface area contributed by atoms with E-state index in [1.54, 1.807) is 44.1 Å². The maximum atomic E-state index is 13.0. The van der Waals surface area contributed by atoms with Crippen LogP contribution in [0.5, 0.6) is 5.75 Å². The van der Waals surface area contributed by atoms with E-state index in [0.29, 0.717) is 17.9 Å². The number of ether oxygens (including phenoxy) is 1. The van der Waals surface area contributed by atoms with Crippen LogP contribution in [-0.2, 0) is 11.3 Å². The molecule has 0 unspecified atom stereocenters. The van der Waals surface area contributed by atoms with E-state index in [0.717, 1.165) is 20.7 Å². The van der Waals surface area contributed by atoms with Crippen molar-refractivity contribution in [3.63, 3.8) is 0 Å². The number of carbonyl (C=O) groups is 2. The Morgan fingerprint density at radius 3 is 2.48 bits per heavy atom. The highest BCUT2D eigenvalue weighted by molar-refractivity contribution is 9.10. The first-order valence-electron chi connectivity index (χ1n) is 8.33. The van der Waals surface area contributed by atoms with E-state index < -0.39 is 0 Å². The topological polar surface area (TPSA) is 49.9 Å². The number of nitrogens with zero attached hydrogens (tertiary/aromatic N) is 2. The highest BCUT2D eigenvalue weighted by atomic mass is 79.9. The Morgan fingerprint density at radius 1 is 1.11 bits per heavy atom. The highest BCUT2D eigenvalue weighted by Gasteiger charge is 2.18. The number of benzene rings is 2. The van der Waals surface area contributed by atoms with Gasteiger partial charge >= 0.3 is 0 Å². The Balaban J connectivity index is 2.17. The van der Waals surface area contributed by atoms with Gasteiger partial charge in [-0.3, -0.25) is 9.59 Å². The number of halogens is 1. The quantitative estimate of drug-likeness (QED) is 0.599. The standard InChI is InChI=1S/C20H23BrN2O3S/c1-22(2)19(24)13-27-18-8-6-5-7-16(18)20(25)23(3)12-14-11-15(21)9-10-17(14)26-4/h5-11H,12-13H2,1-4H3. The van der Waals surface area contributed by atoms with E-state index in [1.165, 1.54) is 11.8 Å². The summed E-state index contributed by atoms with van der Waals surface area (Å²) in [5.74, 6) is 0.935. The van der Waals surface area contributed by atoms with Crippen molar-refractivity contribution in [3.8, 4) is 5.75 Å². The van der Waals surface area contributed by atoms with Gasteiger partial charge in [0.15, 0.2) is 0 Å². The van der Waals surface area contributed by atoms with Crippen LogP contribution < -0.4 is 4.74 Å². The van der Waals surface area contributed by atoms with E-state index in [4.69, 9.17) is 4.74 Å². The molecule has 7 heteroatoms. The first-order valence-corrected chi connectivity index (χ1v) is 10.1. The van der Waals surface area contributed by atoms with Gasteiger partial charge in [0, 0.05) is 42.6 Å². The molecule has 0 saturated heterocycles. The van der Waals surface area contributed by atoms with Gasteiger partial charge in [-0.25, -0.2) is 0 Å². The minimum atomic E-state index is -0.0996. The van der Waals surface area contributed by atoms with E-state index in [2.05, 4.69) is 15.9 Å². The van der Waals surface area contributed by atoms with Crippen LogP contribution in [0.25, 0.3) is 0 Å². The Kier molecular flexibility index (Phi) is 7.74. The van der Waals surface area contributed by atoms with Crippen molar-refractivity contribution in [3.05, 3.63) is 58.1 Å². The molecule has 0 aliphatic carbocycles. The van der Waals surface area contributed by atoms with E-state index >= 15 is 0 Å². The van der Waals surface area contributed by atoms with Crippen molar-refractivity contribution in [2.45, 2.75) is 11.4 Å². The molecule has 0 spiro atoms. The predicted octanol–water partition coefficient (Wildman–Crippen LogP) is 3.91. The second-order valence-electron chi connectivity index (χ2n) is 6.19. The lowest BCUT2D eigenvalue weighted by molar-refractivity contribution is -0.125. The molecule has 0 saturated carbocycles. The maximum Gasteiger partial charge on any atom is 0.255 e. The summed E-state index contributed by atoms with van der Waals surface area (Å²) in [5, 5.41) is 0. The van der Waals surface area contributed by atoms with Gasteiger partial charge in [-0.15, -0.1) is 11.8 Å². The lowest BCUT2D eigenvalue weighted by Gasteiger charge is -2.20. The fraction of sp³-hybridized carbons (Fsp3) is 0.300. The lowest BCUT2D eigenvalue weighted by Crippen LogP contribution is -2.27. The summed E-state index contributed by atoms with van der Waals surface area (Å²) in [6.45, 7) is 0.414. The van der Waals surface area contributed by atoms with E-state index in [-0.39, 0.29) is 11.8 Å². The van der Waals surface area contributed by atoms with Gasteiger partial charge in [0.2, 0.25) is 5.91 Å². The van der Waals surface area contributed by atoms with Gasteiger partial charge in [-0.2, -0.15) is 0 Å². The van der Waals surface area contributed by atoms with Crippen molar-refractivity contribution in [2.75, 3.05) is 34.0 Å². The van der Waals surface area contributed by atoms with Crippen molar-refractivity contribution in [1.29, 1.82) is 0 Å². The Bertz CT molecular complexity index is 827. The zero-order valence-corrected chi connectivity index (χ0v) is 18.3. The van der Waals surface area contributed by atoms with Gasteiger partial charge in [-0.1, -0.05) is 28.1 Å². The SMILES string of the molecule is COc1ccc(Br)cc1CN(C)C(=O)c1ccccc1SCC(=O)N(C)C. The van der Waals surface area contributed by atoms with Crippen molar-refractivity contribution in [1.82, 2.24) is 9.80 Å². The average molecular weight is 451 g/mol. The second-order valence-corrected chi connectivity index (χ2v) is 8.12. The molecule has 2 aromatic carbocycles.